The molecule has 2 heterocycles. The van der Waals surface area contributed by atoms with Crippen LogP contribution in [0, 0.1) is 0 Å². The first kappa shape index (κ1) is 16.9. The number of carbonyl (C=O) groups excluding carboxylic acids is 2. The molecule has 2 N–H and O–H groups in total. The molecule has 8 heteroatoms. The molecular weight excluding hydrogens is 422 g/mol. The third-order valence-electron chi connectivity index (χ3n) is 3.44. The predicted octanol–water partition coefficient (Wildman–Crippen LogP) is 2.21. The molecule has 21 heavy (non-hydrogen) atoms. The van der Waals surface area contributed by atoms with E-state index in [9.17, 15) is 9.59 Å². The minimum atomic E-state index is -0.0313. The molecule has 1 saturated heterocycles. The van der Waals surface area contributed by atoms with Gasteiger partial charge in [0.25, 0.3) is 5.91 Å². The largest absolute Gasteiger partial charge is 0.358 e. The van der Waals surface area contributed by atoms with Gasteiger partial charge in [0, 0.05) is 30.7 Å². The van der Waals surface area contributed by atoms with Gasteiger partial charge in [-0.05, 0) is 50.8 Å². The highest BCUT2D eigenvalue weighted by Gasteiger charge is 2.23. The summed E-state index contributed by atoms with van der Waals surface area (Å²) in [6.07, 6.45) is 1.74. The summed E-state index contributed by atoms with van der Waals surface area (Å²) >= 11 is 8.20. The van der Waals surface area contributed by atoms with E-state index in [2.05, 4.69) is 47.4 Å². The quantitative estimate of drug-likeness (QED) is 0.757. The lowest BCUT2D eigenvalue weighted by molar-refractivity contribution is -0.122. The van der Waals surface area contributed by atoms with Crippen LogP contribution in [0.15, 0.2) is 14.3 Å². The highest BCUT2D eigenvalue weighted by atomic mass is 79.9. The number of piperidine rings is 1. The predicted molar refractivity (Wildman–Crippen MR) is 90.7 cm³/mol. The van der Waals surface area contributed by atoms with Crippen molar-refractivity contribution in [3.05, 3.63) is 19.2 Å². The summed E-state index contributed by atoms with van der Waals surface area (Å²) in [5.41, 5.74) is 0. The van der Waals surface area contributed by atoms with Crippen LogP contribution in [-0.2, 0) is 4.79 Å². The average Bonchev–Trinajstić information content (AvgIpc) is 2.81. The van der Waals surface area contributed by atoms with E-state index in [1.54, 1.807) is 7.05 Å². The molecule has 1 aliphatic heterocycles. The van der Waals surface area contributed by atoms with E-state index in [4.69, 9.17) is 0 Å². The van der Waals surface area contributed by atoms with E-state index in [1.807, 2.05) is 6.07 Å². The van der Waals surface area contributed by atoms with Crippen LogP contribution in [0.25, 0.3) is 0 Å². The second-order valence-electron chi connectivity index (χ2n) is 4.93. The molecule has 0 bridgehead atoms. The van der Waals surface area contributed by atoms with Gasteiger partial charge >= 0.3 is 0 Å². The summed E-state index contributed by atoms with van der Waals surface area (Å²) in [5, 5.41) is 5.69. The highest BCUT2D eigenvalue weighted by molar-refractivity contribution is 9.13. The number of likely N-dealkylation sites (tertiary alicyclic amines) is 1. The second kappa shape index (κ2) is 7.71. The lowest BCUT2D eigenvalue weighted by Gasteiger charge is -2.31. The molecule has 1 fully saturated rings. The van der Waals surface area contributed by atoms with Crippen molar-refractivity contribution >= 4 is 55.0 Å². The maximum atomic E-state index is 12.2. The molecule has 2 amide bonds. The Hall–Kier alpha value is -0.440. The highest BCUT2D eigenvalue weighted by Crippen LogP contribution is 2.32. The van der Waals surface area contributed by atoms with Gasteiger partial charge in [0.15, 0.2) is 0 Å². The summed E-state index contributed by atoms with van der Waals surface area (Å²) in [4.78, 5) is 26.3. The van der Waals surface area contributed by atoms with Gasteiger partial charge in [-0.15, -0.1) is 11.3 Å². The van der Waals surface area contributed by atoms with Crippen molar-refractivity contribution in [2.45, 2.75) is 18.9 Å². The Morgan fingerprint density at radius 2 is 2.05 bits per heavy atom. The fourth-order valence-electron chi connectivity index (χ4n) is 2.23. The van der Waals surface area contributed by atoms with E-state index >= 15 is 0 Å². The lowest BCUT2D eigenvalue weighted by Crippen LogP contribution is -2.47. The Labute approximate surface area is 144 Å². The number of carbonyl (C=O) groups is 2. The van der Waals surface area contributed by atoms with Gasteiger partial charge in [-0.1, -0.05) is 0 Å². The van der Waals surface area contributed by atoms with E-state index in [-0.39, 0.29) is 17.9 Å². The van der Waals surface area contributed by atoms with Crippen LogP contribution < -0.4 is 10.6 Å². The van der Waals surface area contributed by atoms with E-state index in [0.717, 1.165) is 34.2 Å². The van der Waals surface area contributed by atoms with Crippen LogP contribution in [0.3, 0.4) is 0 Å². The number of thiophene rings is 1. The third kappa shape index (κ3) is 4.77. The summed E-state index contributed by atoms with van der Waals surface area (Å²) in [7, 11) is 1.65. The van der Waals surface area contributed by atoms with Crippen molar-refractivity contribution in [3.8, 4) is 0 Å². The summed E-state index contributed by atoms with van der Waals surface area (Å²) in [6, 6.07) is 2.00. The number of nitrogens with one attached hydrogen (secondary N) is 2. The third-order valence-corrected chi connectivity index (χ3v) is 6.69. The van der Waals surface area contributed by atoms with Crippen molar-refractivity contribution in [1.82, 2.24) is 15.5 Å². The lowest BCUT2D eigenvalue weighted by atomic mass is 10.0. The topological polar surface area (TPSA) is 61.4 Å². The zero-order valence-corrected chi connectivity index (χ0v) is 15.6. The van der Waals surface area contributed by atoms with Gasteiger partial charge in [-0.2, -0.15) is 0 Å². The second-order valence-corrected chi connectivity index (χ2v) is 8.15. The molecule has 0 aromatic carbocycles. The molecule has 1 aromatic rings. The van der Waals surface area contributed by atoms with Gasteiger partial charge in [0.2, 0.25) is 5.91 Å². The van der Waals surface area contributed by atoms with Crippen molar-refractivity contribution < 1.29 is 9.59 Å². The monoisotopic (exact) mass is 437 g/mol. The number of hydrogen-bond donors (Lipinski definition) is 2. The van der Waals surface area contributed by atoms with Gasteiger partial charge in [-0.25, -0.2) is 0 Å². The molecule has 5 nitrogen and oxygen atoms in total. The smallest absolute Gasteiger partial charge is 0.261 e. The number of likely N-dealkylation sites (N-methyl/N-ethyl adjacent to an activating group) is 1. The Balaban J connectivity index is 1.80. The van der Waals surface area contributed by atoms with Gasteiger partial charge in [0.1, 0.15) is 0 Å². The van der Waals surface area contributed by atoms with Crippen molar-refractivity contribution in [1.29, 1.82) is 0 Å². The molecule has 2 rings (SSSR count). The number of rotatable bonds is 4. The van der Waals surface area contributed by atoms with Gasteiger partial charge < -0.3 is 10.6 Å². The maximum absolute atomic E-state index is 12.2. The zero-order chi connectivity index (χ0) is 15.4. The first-order valence-electron chi connectivity index (χ1n) is 6.68. The summed E-state index contributed by atoms with van der Waals surface area (Å²) in [6.45, 7) is 2.09. The fraction of sp³-hybridized carbons (Fsp3) is 0.538. The molecule has 1 aromatic heterocycles. The van der Waals surface area contributed by atoms with Crippen LogP contribution in [0.4, 0.5) is 0 Å². The van der Waals surface area contributed by atoms with Gasteiger partial charge in [0.05, 0.1) is 15.2 Å². The molecule has 116 valence electrons. The SMILES string of the molecule is CNC(=O)CN1CCC(NC(=O)c2cc(Br)c(Br)s2)CC1. The van der Waals surface area contributed by atoms with Crippen molar-refractivity contribution in [2.75, 3.05) is 26.7 Å². The molecular formula is C13H17Br2N3O2S. The van der Waals surface area contributed by atoms with Crippen molar-refractivity contribution in [3.63, 3.8) is 0 Å². The van der Waals surface area contributed by atoms with Crippen LogP contribution in [0.2, 0.25) is 0 Å². The van der Waals surface area contributed by atoms with Gasteiger partial charge in [-0.3, -0.25) is 14.5 Å². The van der Waals surface area contributed by atoms with E-state index < -0.39 is 0 Å². The Morgan fingerprint density at radius 3 is 2.57 bits per heavy atom. The molecule has 0 saturated carbocycles. The summed E-state index contributed by atoms with van der Waals surface area (Å²) in [5.74, 6) is 0.00178. The number of halogens is 2. The van der Waals surface area contributed by atoms with Crippen molar-refractivity contribution in [2.24, 2.45) is 0 Å². The molecule has 0 radical (unpaired) electrons. The molecule has 1 aliphatic rings. The number of nitrogens with zero attached hydrogens (tertiary/aromatic N) is 1. The first-order valence-corrected chi connectivity index (χ1v) is 9.08. The van der Waals surface area contributed by atoms with Crippen LogP contribution in [0.1, 0.15) is 22.5 Å². The minimum Gasteiger partial charge on any atom is -0.358 e. The van der Waals surface area contributed by atoms with E-state index in [1.165, 1.54) is 11.3 Å². The zero-order valence-electron chi connectivity index (χ0n) is 11.6. The number of hydrogen-bond acceptors (Lipinski definition) is 4. The van der Waals surface area contributed by atoms with Crippen LogP contribution in [0.5, 0.6) is 0 Å². The Morgan fingerprint density at radius 1 is 1.38 bits per heavy atom. The standard InChI is InChI=1S/C13H17Br2N3O2S/c1-16-11(19)7-18-4-2-8(3-5-18)17-13(20)10-6-9(14)12(15)21-10/h6,8H,2-5,7H2,1H3,(H,16,19)(H,17,20). The van der Waals surface area contributed by atoms with Crippen LogP contribution >= 0.6 is 43.2 Å². The van der Waals surface area contributed by atoms with E-state index in [0.29, 0.717) is 11.4 Å². The molecule has 0 atom stereocenters. The summed E-state index contributed by atoms with van der Waals surface area (Å²) < 4.78 is 1.83. The fourth-order valence-corrected chi connectivity index (χ4v) is 4.17. The molecule has 0 aliphatic carbocycles. The Bertz CT molecular complexity index is 508. The first-order chi connectivity index (χ1) is 9.99. The average molecular weight is 439 g/mol. The number of amides is 2. The molecule has 0 spiro atoms. The molecule has 0 unspecified atom stereocenters. The maximum Gasteiger partial charge on any atom is 0.261 e. The van der Waals surface area contributed by atoms with Crippen LogP contribution in [-0.4, -0.2) is 49.4 Å². The minimum absolute atomic E-state index is 0.0313. The normalized spacial score (nSPS) is 16.7. The Kier molecular flexibility index (Phi) is 6.21.